The number of nitrogens with zero attached hydrogens (tertiary/aromatic N) is 1. The molecule has 0 heterocycles. The zero-order chi connectivity index (χ0) is 16.6. The summed E-state index contributed by atoms with van der Waals surface area (Å²) in [5.41, 5.74) is 4.59. The smallest absolute Gasteiger partial charge is 0.104 e. The first kappa shape index (κ1) is 15.7. The quantitative estimate of drug-likeness (QED) is 0.570. The summed E-state index contributed by atoms with van der Waals surface area (Å²) in [5.74, 6) is 5.66. The number of rotatable bonds is 3. The maximum Gasteiger partial charge on any atom is 0.104 e. The van der Waals surface area contributed by atoms with Gasteiger partial charge in [0.05, 0.1) is 17.0 Å². The molecule has 2 nitrogen and oxygen atoms in total. The van der Waals surface area contributed by atoms with Crippen LogP contribution in [0.25, 0.3) is 0 Å². The van der Waals surface area contributed by atoms with E-state index in [1.165, 1.54) is 0 Å². The van der Waals surface area contributed by atoms with E-state index in [1.807, 2.05) is 84.9 Å². The highest BCUT2D eigenvalue weighted by Gasteiger charge is 2.08. The molecule has 0 radical (unpaired) electrons. The van der Waals surface area contributed by atoms with Crippen LogP contribution < -0.4 is 0 Å². The molecule has 116 valence electrons. The molecule has 0 aliphatic rings. The Balaban J connectivity index is 2.15. The van der Waals surface area contributed by atoms with Crippen molar-refractivity contribution in [3.63, 3.8) is 0 Å². The zero-order valence-electron chi connectivity index (χ0n) is 13.2. The van der Waals surface area contributed by atoms with Gasteiger partial charge in [0.25, 0.3) is 0 Å². The summed E-state index contributed by atoms with van der Waals surface area (Å²) in [4.78, 5) is 4.88. The average Bonchev–Trinajstić information content (AvgIpc) is 2.66. The van der Waals surface area contributed by atoms with Gasteiger partial charge in [0, 0.05) is 11.1 Å². The third kappa shape index (κ3) is 3.78. The van der Waals surface area contributed by atoms with Crippen LogP contribution in [0.5, 0.6) is 0 Å². The molecule has 3 aromatic rings. The summed E-state index contributed by atoms with van der Waals surface area (Å²) in [7, 11) is 0. The van der Waals surface area contributed by atoms with Crippen molar-refractivity contribution in [1.82, 2.24) is 0 Å². The summed E-state index contributed by atoms with van der Waals surface area (Å²) in [5, 5.41) is 8.95. The molecular formula is C22H17NO. The maximum atomic E-state index is 8.95. The van der Waals surface area contributed by atoms with Gasteiger partial charge in [0.15, 0.2) is 0 Å². The molecule has 0 fully saturated rings. The van der Waals surface area contributed by atoms with Gasteiger partial charge in [-0.2, -0.15) is 0 Å². The van der Waals surface area contributed by atoms with Crippen molar-refractivity contribution in [3.05, 3.63) is 102 Å². The number of para-hydroxylation sites is 1. The third-order valence-electron chi connectivity index (χ3n) is 3.53. The Morgan fingerprint density at radius 1 is 0.750 bits per heavy atom. The van der Waals surface area contributed by atoms with Crippen molar-refractivity contribution in [1.29, 1.82) is 0 Å². The fourth-order valence-corrected chi connectivity index (χ4v) is 2.42. The molecule has 3 rings (SSSR count). The standard InChI is InChI=1S/C22H17NO/c24-17-9-15-18-10-7-8-16-21(18)23-22(19-11-3-1-4-12-19)20-13-5-2-6-14-20/h1-8,10-14,16,24H,17H2. The van der Waals surface area contributed by atoms with Crippen molar-refractivity contribution in [3.8, 4) is 11.8 Å². The number of benzene rings is 3. The molecule has 24 heavy (non-hydrogen) atoms. The molecule has 0 bridgehead atoms. The maximum absolute atomic E-state index is 8.95. The topological polar surface area (TPSA) is 32.6 Å². The predicted molar refractivity (Wildman–Crippen MR) is 98.6 cm³/mol. The van der Waals surface area contributed by atoms with Crippen molar-refractivity contribution in [2.24, 2.45) is 4.99 Å². The van der Waals surface area contributed by atoms with Crippen molar-refractivity contribution in [2.45, 2.75) is 0 Å². The lowest BCUT2D eigenvalue weighted by atomic mass is 10.0. The minimum atomic E-state index is -0.164. The van der Waals surface area contributed by atoms with E-state index in [1.54, 1.807) is 0 Å². The molecule has 3 aromatic carbocycles. The molecule has 0 atom stereocenters. The lowest BCUT2D eigenvalue weighted by Crippen LogP contribution is -2.02. The van der Waals surface area contributed by atoms with Gasteiger partial charge < -0.3 is 5.11 Å². The molecule has 0 amide bonds. The van der Waals surface area contributed by atoms with E-state index < -0.39 is 0 Å². The molecule has 0 spiro atoms. The van der Waals surface area contributed by atoms with Gasteiger partial charge in [-0.25, -0.2) is 4.99 Å². The Kier molecular flexibility index (Phi) is 5.19. The van der Waals surface area contributed by atoms with E-state index in [0.717, 1.165) is 28.1 Å². The Morgan fingerprint density at radius 2 is 1.29 bits per heavy atom. The van der Waals surface area contributed by atoms with Crippen LogP contribution in [0.2, 0.25) is 0 Å². The number of aliphatic hydroxyl groups excluding tert-OH is 1. The minimum Gasteiger partial charge on any atom is -0.384 e. The number of aliphatic hydroxyl groups is 1. The lowest BCUT2D eigenvalue weighted by Gasteiger charge is -2.08. The van der Waals surface area contributed by atoms with E-state index in [0.29, 0.717) is 0 Å². The lowest BCUT2D eigenvalue weighted by molar-refractivity contribution is 0.350. The van der Waals surface area contributed by atoms with Crippen LogP contribution in [0, 0.1) is 11.8 Å². The van der Waals surface area contributed by atoms with E-state index in [9.17, 15) is 0 Å². The third-order valence-corrected chi connectivity index (χ3v) is 3.53. The second kappa shape index (κ2) is 7.92. The average molecular weight is 311 g/mol. The van der Waals surface area contributed by atoms with Crippen molar-refractivity contribution >= 4 is 11.4 Å². The van der Waals surface area contributed by atoms with Gasteiger partial charge in [-0.05, 0) is 12.1 Å². The molecule has 1 N–H and O–H groups in total. The summed E-state index contributed by atoms with van der Waals surface area (Å²) < 4.78 is 0. The first-order chi connectivity index (χ1) is 11.9. The summed E-state index contributed by atoms with van der Waals surface area (Å²) >= 11 is 0. The van der Waals surface area contributed by atoms with Crippen LogP contribution in [0.3, 0.4) is 0 Å². The highest BCUT2D eigenvalue weighted by molar-refractivity contribution is 6.14. The van der Waals surface area contributed by atoms with Gasteiger partial charge >= 0.3 is 0 Å². The highest BCUT2D eigenvalue weighted by Crippen LogP contribution is 2.21. The highest BCUT2D eigenvalue weighted by atomic mass is 16.2. The minimum absolute atomic E-state index is 0.164. The second-order valence-electron chi connectivity index (χ2n) is 5.17. The first-order valence-electron chi connectivity index (χ1n) is 7.77. The largest absolute Gasteiger partial charge is 0.384 e. The molecule has 0 unspecified atom stereocenters. The van der Waals surface area contributed by atoms with E-state index >= 15 is 0 Å². The molecule has 2 heteroatoms. The van der Waals surface area contributed by atoms with Crippen LogP contribution in [0.15, 0.2) is 89.9 Å². The molecule has 0 aliphatic heterocycles. The van der Waals surface area contributed by atoms with Gasteiger partial charge in [0.1, 0.15) is 6.61 Å². The Morgan fingerprint density at radius 3 is 1.88 bits per heavy atom. The molecular weight excluding hydrogens is 294 g/mol. The predicted octanol–water partition coefficient (Wildman–Crippen LogP) is 4.20. The number of hydrogen-bond donors (Lipinski definition) is 1. The Hall–Kier alpha value is -3.15. The van der Waals surface area contributed by atoms with Gasteiger partial charge in [-0.3, -0.25) is 0 Å². The number of aliphatic imine (C=N–C) groups is 1. The van der Waals surface area contributed by atoms with Crippen LogP contribution in [0.1, 0.15) is 16.7 Å². The molecule has 0 aliphatic carbocycles. The Labute approximate surface area is 142 Å². The van der Waals surface area contributed by atoms with Crippen LogP contribution in [-0.2, 0) is 0 Å². The van der Waals surface area contributed by atoms with Crippen molar-refractivity contribution < 1.29 is 5.11 Å². The van der Waals surface area contributed by atoms with Crippen LogP contribution >= 0.6 is 0 Å². The SMILES string of the molecule is OCC#Cc1ccccc1N=C(c1ccccc1)c1ccccc1. The first-order valence-corrected chi connectivity index (χ1v) is 7.77. The van der Waals surface area contributed by atoms with Crippen LogP contribution in [0.4, 0.5) is 5.69 Å². The van der Waals surface area contributed by atoms with Crippen molar-refractivity contribution in [2.75, 3.05) is 6.61 Å². The fourth-order valence-electron chi connectivity index (χ4n) is 2.42. The second-order valence-corrected chi connectivity index (χ2v) is 5.17. The molecule has 0 aromatic heterocycles. The van der Waals surface area contributed by atoms with Gasteiger partial charge in [0.2, 0.25) is 0 Å². The summed E-state index contributed by atoms with van der Waals surface area (Å²) in [6, 6.07) is 27.9. The monoisotopic (exact) mass is 311 g/mol. The van der Waals surface area contributed by atoms with Gasteiger partial charge in [-0.1, -0.05) is 84.6 Å². The summed E-state index contributed by atoms with van der Waals surface area (Å²) in [6.45, 7) is -0.164. The van der Waals surface area contributed by atoms with Gasteiger partial charge in [-0.15, -0.1) is 0 Å². The van der Waals surface area contributed by atoms with E-state index in [-0.39, 0.29) is 6.61 Å². The normalized spacial score (nSPS) is 9.71. The van der Waals surface area contributed by atoms with Crippen LogP contribution in [-0.4, -0.2) is 17.4 Å². The van der Waals surface area contributed by atoms with E-state index in [4.69, 9.17) is 10.1 Å². The fraction of sp³-hybridized carbons (Fsp3) is 0.0455. The summed E-state index contributed by atoms with van der Waals surface area (Å²) in [6.07, 6.45) is 0. The van der Waals surface area contributed by atoms with E-state index in [2.05, 4.69) is 11.8 Å². The number of hydrogen-bond acceptors (Lipinski definition) is 2. The zero-order valence-corrected chi connectivity index (χ0v) is 13.2. The molecule has 0 saturated heterocycles. The Bertz CT molecular complexity index is 846. The molecule has 0 saturated carbocycles.